The number of nitrogens with zero attached hydrogens (tertiary/aromatic N) is 2. The van der Waals surface area contributed by atoms with E-state index in [0.29, 0.717) is 23.2 Å². The molecule has 1 saturated heterocycles. The first-order valence-electron chi connectivity index (χ1n) is 10.5. The summed E-state index contributed by atoms with van der Waals surface area (Å²) in [4.78, 5) is 28.2. The average molecular weight is 374 g/mol. The summed E-state index contributed by atoms with van der Waals surface area (Å²) in [6.07, 6.45) is 6.39. The summed E-state index contributed by atoms with van der Waals surface area (Å²) >= 11 is 0. The van der Waals surface area contributed by atoms with Crippen LogP contribution >= 0.6 is 0 Å². The Labute approximate surface area is 164 Å². The van der Waals surface area contributed by atoms with Crippen molar-refractivity contribution in [3.63, 3.8) is 0 Å². The SMILES string of the molecule is O=C(Cn1c2ccccc2c(=O)c2ccccc21)N1CCC2CCCCC2C1. The van der Waals surface area contributed by atoms with Crippen molar-refractivity contribution in [2.45, 2.75) is 38.6 Å². The van der Waals surface area contributed by atoms with Crippen LogP contribution < -0.4 is 5.43 Å². The molecular weight excluding hydrogens is 348 g/mol. The van der Waals surface area contributed by atoms with Gasteiger partial charge in [0.1, 0.15) is 6.54 Å². The van der Waals surface area contributed by atoms with Crippen molar-refractivity contribution in [2.75, 3.05) is 13.1 Å². The summed E-state index contributed by atoms with van der Waals surface area (Å²) in [5, 5.41) is 1.36. The minimum absolute atomic E-state index is 0.0397. The topological polar surface area (TPSA) is 42.3 Å². The van der Waals surface area contributed by atoms with Gasteiger partial charge in [-0.25, -0.2) is 0 Å². The Balaban J connectivity index is 1.51. The number of pyridine rings is 1. The molecule has 0 bridgehead atoms. The zero-order valence-electron chi connectivity index (χ0n) is 16.1. The molecule has 0 N–H and O–H groups in total. The number of benzene rings is 2. The predicted molar refractivity (Wildman–Crippen MR) is 112 cm³/mol. The van der Waals surface area contributed by atoms with Gasteiger partial charge in [-0.15, -0.1) is 0 Å². The number of hydrogen-bond acceptors (Lipinski definition) is 2. The fraction of sp³-hybridized carbons (Fsp3) is 0.417. The number of carbonyl (C=O) groups excluding carboxylic acids is 1. The summed E-state index contributed by atoms with van der Waals surface area (Å²) in [7, 11) is 0. The molecule has 1 aliphatic carbocycles. The van der Waals surface area contributed by atoms with E-state index in [9.17, 15) is 9.59 Å². The van der Waals surface area contributed by atoms with E-state index in [1.807, 2.05) is 53.1 Å². The van der Waals surface area contributed by atoms with Crippen LogP contribution in [0.25, 0.3) is 21.8 Å². The molecule has 28 heavy (non-hydrogen) atoms. The molecule has 2 aromatic carbocycles. The lowest BCUT2D eigenvalue weighted by molar-refractivity contribution is -0.134. The zero-order chi connectivity index (χ0) is 19.1. The maximum atomic E-state index is 13.2. The fourth-order valence-corrected chi connectivity index (χ4v) is 5.31. The smallest absolute Gasteiger partial charge is 0.242 e. The second-order valence-corrected chi connectivity index (χ2v) is 8.38. The quantitative estimate of drug-likeness (QED) is 0.631. The van der Waals surface area contributed by atoms with Crippen LogP contribution in [0.3, 0.4) is 0 Å². The van der Waals surface area contributed by atoms with E-state index in [1.165, 1.54) is 25.7 Å². The molecule has 1 amide bonds. The van der Waals surface area contributed by atoms with Gasteiger partial charge in [-0.1, -0.05) is 43.5 Å². The molecule has 0 radical (unpaired) electrons. The largest absolute Gasteiger partial charge is 0.341 e. The molecule has 2 heterocycles. The van der Waals surface area contributed by atoms with Gasteiger partial charge in [0.25, 0.3) is 0 Å². The van der Waals surface area contributed by atoms with Crippen LogP contribution in [-0.4, -0.2) is 28.5 Å². The minimum atomic E-state index is 0.0397. The molecule has 3 aromatic rings. The van der Waals surface area contributed by atoms with Crippen LogP contribution in [-0.2, 0) is 11.3 Å². The van der Waals surface area contributed by atoms with Crippen LogP contribution in [0.5, 0.6) is 0 Å². The second-order valence-electron chi connectivity index (χ2n) is 8.38. The molecule has 0 spiro atoms. The number of rotatable bonds is 2. The Morgan fingerprint density at radius 1 is 0.857 bits per heavy atom. The molecule has 2 fully saturated rings. The number of para-hydroxylation sites is 2. The lowest BCUT2D eigenvalue weighted by Gasteiger charge is -2.41. The van der Waals surface area contributed by atoms with E-state index in [0.717, 1.165) is 36.5 Å². The zero-order valence-corrected chi connectivity index (χ0v) is 16.1. The van der Waals surface area contributed by atoms with Gasteiger partial charge in [-0.3, -0.25) is 9.59 Å². The van der Waals surface area contributed by atoms with Gasteiger partial charge in [-0.2, -0.15) is 0 Å². The summed E-state index contributed by atoms with van der Waals surface area (Å²) in [5.41, 5.74) is 1.72. The van der Waals surface area contributed by atoms with Crippen LogP contribution in [0.15, 0.2) is 53.3 Å². The van der Waals surface area contributed by atoms with Crippen molar-refractivity contribution in [1.29, 1.82) is 0 Å². The van der Waals surface area contributed by atoms with E-state index >= 15 is 0 Å². The van der Waals surface area contributed by atoms with Crippen LogP contribution in [0, 0.1) is 11.8 Å². The summed E-state index contributed by atoms with van der Waals surface area (Å²) in [6, 6.07) is 15.3. The number of fused-ring (bicyclic) bond motifs is 3. The van der Waals surface area contributed by atoms with Gasteiger partial charge in [0.2, 0.25) is 5.91 Å². The standard InChI is InChI=1S/C24H26N2O2/c27-23(25-14-13-17-7-1-2-8-18(17)15-25)16-26-21-11-5-3-9-19(21)24(28)20-10-4-6-12-22(20)26/h3-6,9-12,17-18H,1-2,7-8,13-16H2. The Morgan fingerprint density at radius 2 is 1.46 bits per heavy atom. The van der Waals surface area contributed by atoms with E-state index in [1.54, 1.807) is 0 Å². The third-order valence-corrected chi connectivity index (χ3v) is 6.82. The molecule has 2 aliphatic rings. The summed E-state index contributed by atoms with van der Waals surface area (Å²) < 4.78 is 2.03. The highest BCUT2D eigenvalue weighted by molar-refractivity contribution is 5.94. The van der Waals surface area contributed by atoms with Crippen molar-refractivity contribution < 1.29 is 4.79 Å². The number of likely N-dealkylation sites (tertiary alicyclic amines) is 1. The fourth-order valence-electron chi connectivity index (χ4n) is 5.31. The van der Waals surface area contributed by atoms with E-state index in [2.05, 4.69) is 4.90 Å². The van der Waals surface area contributed by atoms with Crippen LogP contribution in [0.1, 0.15) is 32.1 Å². The number of aromatic nitrogens is 1. The third kappa shape index (κ3) is 2.92. The van der Waals surface area contributed by atoms with Gasteiger partial charge in [-0.05, 0) is 48.9 Å². The van der Waals surface area contributed by atoms with Gasteiger partial charge in [0.05, 0.1) is 11.0 Å². The second kappa shape index (κ2) is 7.08. The number of carbonyl (C=O) groups is 1. The van der Waals surface area contributed by atoms with Crippen molar-refractivity contribution in [3.8, 4) is 0 Å². The molecule has 1 saturated carbocycles. The molecule has 2 unspecified atom stereocenters. The van der Waals surface area contributed by atoms with E-state index in [-0.39, 0.29) is 11.3 Å². The Bertz CT molecular complexity index is 1040. The van der Waals surface area contributed by atoms with Crippen LogP contribution in [0.2, 0.25) is 0 Å². The lowest BCUT2D eigenvalue weighted by atomic mass is 9.75. The number of amides is 1. The van der Waals surface area contributed by atoms with Crippen molar-refractivity contribution in [2.24, 2.45) is 11.8 Å². The van der Waals surface area contributed by atoms with Gasteiger partial charge < -0.3 is 9.47 Å². The highest BCUT2D eigenvalue weighted by Gasteiger charge is 2.33. The van der Waals surface area contributed by atoms with E-state index in [4.69, 9.17) is 0 Å². The summed E-state index contributed by atoms with van der Waals surface area (Å²) in [5.74, 6) is 1.66. The Hall–Kier alpha value is -2.62. The minimum Gasteiger partial charge on any atom is -0.341 e. The first-order valence-corrected chi connectivity index (χ1v) is 10.5. The van der Waals surface area contributed by atoms with Gasteiger partial charge in [0, 0.05) is 23.9 Å². The highest BCUT2D eigenvalue weighted by Crippen LogP contribution is 2.36. The maximum absolute atomic E-state index is 13.2. The summed E-state index contributed by atoms with van der Waals surface area (Å²) in [6.45, 7) is 2.06. The molecular formula is C24H26N2O2. The molecule has 144 valence electrons. The molecule has 2 atom stereocenters. The van der Waals surface area contributed by atoms with Crippen LogP contribution in [0.4, 0.5) is 0 Å². The Morgan fingerprint density at radius 3 is 2.14 bits per heavy atom. The average Bonchev–Trinajstić information content (AvgIpc) is 2.76. The van der Waals surface area contributed by atoms with Gasteiger partial charge in [0.15, 0.2) is 5.43 Å². The highest BCUT2D eigenvalue weighted by atomic mass is 16.2. The van der Waals surface area contributed by atoms with Crippen molar-refractivity contribution in [1.82, 2.24) is 9.47 Å². The third-order valence-electron chi connectivity index (χ3n) is 6.82. The molecule has 1 aromatic heterocycles. The first-order chi connectivity index (χ1) is 13.7. The predicted octanol–water partition coefficient (Wildman–Crippen LogP) is 4.19. The molecule has 1 aliphatic heterocycles. The maximum Gasteiger partial charge on any atom is 0.242 e. The van der Waals surface area contributed by atoms with Gasteiger partial charge >= 0.3 is 0 Å². The number of piperidine rings is 1. The lowest BCUT2D eigenvalue weighted by Crippen LogP contribution is -2.46. The van der Waals surface area contributed by atoms with Crippen molar-refractivity contribution in [3.05, 3.63) is 58.8 Å². The van der Waals surface area contributed by atoms with Crippen molar-refractivity contribution >= 4 is 27.7 Å². The number of hydrogen-bond donors (Lipinski definition) is 0. The molecule has 4 heteroatoms. The van der Waals surface area contributed by atoms with E-state index < -0.39 is 0 Å². The first kappa shape index (κ1) is 17.5. The molecule has 4 nitrogen and oxygen atoms in total. The molecule has 5 rings (SSSR count). The monoisotopic (exact) mass is 374 g/mol. The normalized spacial score (nSPS) is 22.4. The Kier molecular flexibility index (Phi) is 4.42.